The molecular formula is C29H25IN2O5. The van der Waals surface area contributed by atoms with Crippen molar-refractivity contribution >= 4 is 39.7 Å². The molecule has 0 aliphatic heterocycles. The molecule has 0 spiro atoms. The standard InChI is InChI=1S/C29H25IN2O5/c1-18-23(32-28(35-18)20-6-3-2-4-7-20)8-5-9-27-31-24-16-19(10-15-25(24)37-27)17-26(29(33)34)36-22-13-11-21(30)12-14-22/h2-4,6-7,10-16,26H,5,8-9,17H2,1H3,(H,33,34)/t26-/m0/s1. The predicted octanol–water partition coefficient (Wildman–Crippen LogP) is 6.65. The number of carboxylic acids is 1. The van der Waals surface area contributed by atoms with Crippen molar-refractivity contribution in [1.82, 2.24) is 9.97 Å². The molecule has 0 saturated heterocycles. The first-order valence-corrected chi connectivity index (χ1v) is 13.1. The summed E-state index contributed by atoms with van der Waals surface area (Å²) < 4.78 is 18.6. The van der Waals surface area contributed by atoms with Gasteiger partial charge in [0.25, 0.3) is 0 Å². The normalized spacial score (nSPS) is 12.1. The average Bonchev–Trinajstić information content (AvgIpc) is 3.48. The van der Waals surface area contributed by atoms with Crippen LogP contribution in [-0.2, 0) is 24.1 Å². The van der Waals surface area contributed by atoms with Crippen LogP contribution in [0, 0.1) is 10.5 Å². The van der Waals surface area contributed by atoms with Crippen molar-refractivity contribution in [3.8, 4) is 17.2 Å². The number of carboxylic acid groups (broad SMARTS) is 1. The van der Waals surface area contributed by atoms with Gasteiger partial charge in [-0.25, -0.2) is 14.8 Å². The Bertz CT molecular complexity index is 1510. The second kappa shape index (κ2) is 11.2. The number of nitrogens with zero attached hydrogens (tertiary/aromatic N) is 2. The van der Waals surface area contributed by atoms with Crippen molar-refractivity contribution in [3.63, 3.8) is 0 Å². The summed E-state index contributed by atoms with van der Waals surface area (Å²) in [6.07, 6.45) is 1.43. The largest absolute Gasteiger partial charge is 0.478 e. The van der Waals surface area contributed by atoms with Gasteiger partial charge in [-0.2, -0.15) is 0 Å². The lowest BCUT2D eigenvalue weighted by Crippen LogP contribution is -2.29. The number of aryl methyl sites for hydroxylation is 3. The highest BCUT2D eigenvalue weighted by atomic mass is 127. The number of rotatable bonds is 10. The van der Waals surface area contributed by atoms with Crippen molar-refractivity contribution < 1.29 is 23.5 Å². The summed E-state index contributed by atoms with van der Waals surface area (Å²) in [5, 5.41) is 9.67. The minimum Gasteiger partial charge on any atom is -0.478 e. The Morgan fingerprint density at radius 1 is 1.00 bits per heavy atom. The third-order valence-corrected chi connectivity index (χ3v) is 6.72. The number of oxazole rings is 2. The van der Waals surface area contributed by atoms with Gasteiger partial charge in [-0.3, -0.25) is 0 Å². The molecule has 0 saturated carbocycles. The van der Waals surface area contributed by atoms with Crippen molar-refractivity contribution in [1.29, 1.82) is 0 Å². The molecule has 37 heavy (non-hydrogen) atoms. The molecule has 5 rings (SSSR count). The van der Waals surface area contributed by atoms with Crippen LogP contribution >= 0.6 is 22.6 Å². The maximum Gasteiger partial charge on any atom is 0.345 e. The average molecular weight is 608 g/mol. The second-order valence-corrected chi connectivity index (χ2v) is 10.00. The molecule has 0 unspecified atom stereocenters. The summed E-state index contributed by atoms with van der Waals surface area (Å²) in [7, 11) is 0. The number of halogens is 1. The Labute approximate surface area is 227 Å². The fourth-order valence-corrected chi connectivity index (χ4v) is 4.46. The van der Waals surface area contributed by atoms with Crippen molar-refractivity contribution in [2.75, 3.05) is 0 Å². The third-order valence-electron chi connectivity index (χ3n) is 6.00. The van der Waals surface area contributed by atoms with E-state index in [0.29, 0.717) is 35.1 Å². The van der Waals surface area contributed by atoms with E-state index in [-0.39, 0.29) is 6.42 Å². The van der Waals surface area contributed by atoms with Gasteiger partial charge >= 0.3 is 5.97 Å². The van der Waals surface area contributed by atoms with Gasteiger partial charge in [-0.05, 0) is 96.5 Å². The van der Waals surface area contributed by atoms with Crippen LogP contribution in [0.4, 0.5) is 0 Å². The number of hydrogen-bond donors (Lipinski definition) is 1. The lowest BCUT2D eigenvalue weighted by Gasteiger charge is -2.15. The summed E-state index contributed by atoms with van der Waals surface area (Å²) in [6, 6.07) is 22.7. The van der Waals surface area contributed by atoms with E-state index in [9.17, 15) is 9.90 Å². The molecule has 1 N–H and O–H groups in total. The summed E-state index contributed by atoms with van der Waals surface area (Å²) >= 11 is 2.19. The lowest BCUT2D eigenvalue weighted by molar-refractivity contribution is -0.145. The molecule has 1 atom stereocenters. The number of hydrogen-bond acceptors (Lipinski definition) is 6. The number of ether oxygens (including phenoxy) is 1. The molecule has 0 bridgehead atoms. The summed E-state index contributed by atoms with van der Waals surface area (Å²) in [5.74, 6) is 1.60. The van der Waals surface area contributed by atoms with E-state index >= 15 is 0 Å². The van der Waals surface area contributed by atoms with E-state index in [1.165, 1.54) is 0 Å². The first-order valence-electron chi connectivity index (χ1n) is 12.0. The van der Waals surface area contributed by atoms with Crippen LogP contribution in [0.2, 0.25) is 0 Å². The minimum atomic E-state index is -1.02. The summed E-state index contributed by atoms with van der Waals surface area (Å²) in [5.41, 5.74) is 4.09. The monoisotopic (exact) mass is 608 g/mol. The molecule has 0 amide bonds. The van der Waals surface area contributed by atoms with Crippen LogP contribution in [0.5, 0.6) is 5.75 Å². The van der Waals surface area contributed by atoms with Crippen LogP contribution in [0.15, 0.2) is 81.6 Å². The maximum absolute atomic E-state index is 11.8. The van der Waals surface area contributed by atoms with Crippen LogP contribution in [0.25, 0.3) is 22.6 Å². The zero-order valence-corrected chi connectivity index (χ0v) is 22.3. The molecule has 2 heterocycles. The Morgan fingerprint density at radius 2 is 1.78 bits per heavy atom. The first kappa shape index (κ1) is 25.0. The number of fused-ring (bicyclic) bond motifs is 1. The van der Waals surface area contributed by atoms with Crippen LogP contribution < -0.4 is 4.74 Å². The van der Waals surface area contributed by atoms with Crippen LogP contribution in [0.3, 0.4) is 0 Å². The highest BCUT2D eigenvalue weighted by molar-refractivity contribution is 14.1. The molecule has 0 aliphatic carbocycles. The van der Waals surface area contributed by atoms with E-state index in [2.05, 4.69) is 32.6 Å². The predicted molar refractivity (Wildman–Crippen MR) is 148 cm³/mol. The topological polar surface area (TPSA) is 98.6 Å². The van der Waals surface area contributed by atoms with Gasteiger partial charge in [-0.15, -0.1) is 0 Å². The fraction of sp³-hybridized carbons (Fsp3) is 0.207. The molecule has 2 aromatic heterocycles. The van der Waals surface area contributed by atoms with Gasteiger partial charge in [0.2, 0.25) is 5.89 Å². The molecule has 8 heteroatoms. The number of aromatic nitrogens is 2. The zero-order chi connectivity index (χ0) is 25.8. The Morgan fingerprint density at radius 3 is 2.54 bits per heavy atom. The number of aliphatic carboxylic acids is 1. The highest BCUT2D eigenvalue weighted by Crippen LogP contribution is 2.24. The molecule has 0 aliphatic rings. The van der Waals surface area contributed by atoms with E-state index in [1.807, 2.05) is 67.6 Å². The zero-order valence-electron chi connectivity index (χ0n) is 20.2. The van der Waals surface area contributed by atoms with Gasteiger partial charge in [0.05, 0.1) is 5.69 Å². The highest BCUT2D eigenvalue weighted by Gasteiger charge is 2.21. The molecule has 7 nitrogen and oxygen atoms in total. The third kappa shape index (κ3) is 6.19. The molecule has 0 radical (unpaired) electrons. The quantitative estimate of drug-likeness (QED) is 0.178. The SMILES string of the molecule is Cc1oc(-c2ccccc2)nc1CCCc1nc2cc(C[C@H](Oc3ccc(I)cc3)C(=O)O)ccc2o1. The van der Waals surface area contributed by atoms with Gasteiger partial charge in [-0.1, -0.05) is 24.3 Å². The van der Waals surface area contributed by atoms with Crippen LogP contribution in [0.1, 0.15) is 29.3 Å². The Hall–Kier alpha value is -3.66. The molecule has 188 valence electrons. The lowest BCUT2D eigenvalue weighted by atomic mass is 10.1. The summed E-state index contributed by atoms with van der Waals surface area (Å²) in [6.45, 7) is 1.93. The van der Waals surface area contributed by atoms with E-state index in [1.54, 1.807) is 12.1 Å². The van der Waals surface area contributed by atoms with Crippen molar-refractivity contribution in [2.45, 2.75) is 38.7 Å². The smallest absolute Gasteiger partial charge is 0.345 e. The van der Waals surface area contributed by atoms with Crippen molar-refractivity contribution in [2.24, 2.45) is 0 Å². The fourth-order valence-electron chi connectivity index (χ4n) is 4.10. The molecule has 3 aromatic carbocycles. The van der Waals surface area contributed by atoms with Crippen molar-refractivity contribution in [3.05, 3.63) is 99.3 Å². The van der Waals surface area contributed by atoms with Gasteiger partial charge in [0.1, 0.15) is 17.0 Å². The molecule has 5 aromatic rings. The van der Waals surface area contributed by atoms with Gasteiger partial charge < -0.3 is 18.7 Å². The second-order valence-electron chi connectivity index (χ2n) is 8.75. The minimum absolute atomic E-state index is 0.217. The Kier molecular flexibility index (Phi) is 7.55. The number of carbonyl (C=O) groups is 1. The van der Waals surface area contributed by atoms with E-state index in [4.69, 9.17) is 13.6 Å². The summed E-state index contributed by atoms with van der Waals surface area (Å²) in [4.78, 5) is 21.1. The maximum atomic E-state index is 11.8. The molecule has 0 fully saturated rings. The van der Waals surface area contributed by atoms with Gasteiger partial charge in [0.15, 0.2) is 17.6 Å². The van der Waals surface area contributed by atoms with E-state index < -0.39 is 12.1 Å². The van der Waals surface area contributed by atoms with E-state index in [0.717, 1.165) is 39.0 Å². The molecular weight excluding hydrogens is 583 g/mol. The Balaban J connectivity index is 1.22. The first-order chi connectivity index (χ1) is 17.9. The van der Waals surface area contributed by atoms with Crippen LogP contribution in [-0.4, -0.2) is 27.1 Å². The van der Waals surface area contributed by atoms with Gasteiger partial charge in [0, 0.05) is 22.0 Å². The number of benzene rings is 3.